The highest BCUT2D eigenvalue weighted by Crippen LogP contribution is 2.50. The SMILES string of the molecule is O=C(NC(=CN1CCCCC1)P(=O)(c1ccccc1)c1ccccc1)c1ccccc1. The van der Waals surface area contributed by atoms with E-state index in [4.69, 9.17) is 0 Å². The average Bonchev–Trinajstić information content (AvgIpc) is 2.85. The van der Waals surface area contributed by atoms with Crippen LogP contribution in [0.25, 0.3) is 0 Å². The van der Waals surface area contributed by atoms with Gasteiger partial charge in [0.2, 0.25) is 0 Å². The molecule has 3 aromatic rings. The molecule has 1 N–H and O–H groups in total. The van der Waals surface area contributed by atoms with Gasteiger partial charge in [0.25, 0.3) is 5.91 Å². The minimum Gasteiger partial charge on any atom is -0.376 e. The van der Waals surface area contributed by atoms with Gasteiger partial charge in [0.15, 0.2) is 7.14 Å². The average molecular weight is 430 g/mol. The molecular weight excluding hydrogens is 403 g/mol. The molecule has 0 aromatic heterocycles. The summed E-state index contributed by atoms with van der Waals surface area (Å²) in [6.45, 7) is 1.79. The normalized spacial score (nSPS) is 14.8. The van der Waals surface area contributed by atoms with Gasteiger partial charge >= 0.3 is 0 Å². The van der Waals surface area contributed by atoms with Gasteiger partial charge in [-0.15, -0.1) is 0 Å². The van der Waals surface area contributed by atoms with Crippen molar-refractivity contribution in [3.63, 3.8) is 0 Å². The van der Waals surface area contributed by atoms with Crippen LogP contribution in [0.5, 0.6) is 0 Å². The number of rotatable bonds is 6. The van der Waals surface area contributed by atoms with Crippen molar-refractivity contribution in [3.05, 3.63) is 108 Å². The van der Waals surface area contributed by atoms with E-state index < -0.39 is 7.14 Å². The van der Waals surface area contributed by atoms with Crippen molar-refractivity contribution in [2.45, 2.75) is 19.3 Å². The second kappa shape index (κ2) is 9.80. The third kappa shape index (κ3) is 4.81. The Labute approximate surface area is 184 Å². The van der Waals surface area contributed by atoms with E-state index in [2.05, 4.69) is 10.2 Å². The van der Waals surface area contributed by atoms with E-state index in [1.807, 2.05) is 85.1 Å². The first-order valence-electron chi connectivity index (χ1n) is 10.7. The van der Waals surface area contributed by atoms with E-state index in [-0.39, 0.29) is 5.91 Å². The Hall–Kier alpha value is -3.10. The standard InChI is InChI=1S/C26H27N2O2P/c29-26(22-13-5-1-6-14-22)27-25(21-28-19-11-4-12-20-28)31(30,23-15-7-2-8-16-23)24-17-9-3-10-18-24/h1-3,5-10,13-18,21H,4,11-12,19-20H2,(H,27,29). The lowest BCUT2D eigenvalue weighted by molar-refractivity contribution is 0.0967. The predicted octanol–water partition coefficient (Wildman–Crippen LogP) is 4.72. The van der Waals surface area contributed by atoms with Crippen molar-refractivity contribution in [2.75, 3.05) is 13.1 Å². The summed E-state index contributed by atoms with van der Waals surface area (Å²) in [6.07, 6.45) is 5.31. The summed E-state index contributed by atoms with van der Waals surface area (Å²) in [5.74, 6) is -0.254. The molecule has 0 saturated carbocycles. The number of hydrogen-bond acceptors (Lipinski definition) is 3. The molecule has 0 unspecified atom stereocenters. The molecule has 1 heterocycles. The third-order valence-corrected chi connectivity index (χ3v) is 8.51. The molecule has 0 spiro atoms. The number of benzene rings is 3. The number of hydrogen-bond donors (Lipinski definition) is 1. The first-order chi connectivity index (χ1) is 15.2. The van der Waals surface area contributed by atoms with Crippen LogP contribution in [0.4, 0.5) is 0 Å². The van der Waals surface area contributed by atoms with Crippen LogP contribution in [-0.4, -0.2) is 23.9 Å². The molecule has 1 saturated heterocycles. The van der Waals surface area contributed by atoms with E-state index >= 15 is 0 Å². The van der Waals surface area contributed by atoms with Gasteiger partial charge in [-0.3, -0.25) is 4.79 Å². The van der Waals surface area contributed by atoms with Crippen LogP contribution in [0.15, 0.2) is 103 Å². The minimum absolute atomic E-state index is 0.254. The van der Waals surface area contributed by atoms with Gasteiger partial charge in [0.1, 0.15) is 5.44 Å². The van der Waals surface area contributed by atoms with Crippen molar-refractivity contribution >= 4 is 23.7 Å². The second-order valence-electron chi connectivity index (χ2n) is 7.71. The third-order valence-electron chi connectivity index (χ3n) is 5.55. The molecule has 1 amide bonds. The van der Waals surface area contributed by atoms with E-state index in [0.29, 0.717) is 21.6 Å². The molecule has 1 aliphatic heterocycles. The van der Waals surface area contributed by atoms with Crippen molar-refractivity contribution < 1.29 is 9.36 Å². The molecular formula is C26H27N2O2P. The summed E-state index contributed by atoms with van der Waals surface area (Å²) in [5.41, 5.74) is 1.00. The van der Waals surface area contributed by atoms with Gasteiger partial charge < -0.3 is 14.8 Å². The molecule has 4 rings (SSSR count). The highest BCUT2D eigenvalue weighted by Gasteiger charge is 2.34. The van der Waals surface area contributed by atoms with Crippen LogP contribution in [0.3, 0.4) is 0 Å². The Morgan fingerprint density at radius 3 is 1.74 bits per heavy atom. The number of nitrogens with zero attached hydrogens (tertiary/aromatic N) is 1. The second-order valence-corrected chi connectivity index (χ2v) is 10.4. The Bertz CT molecular complexity index is 1030. The van der Waals surface area contributed by atoms with Crippen LogP contribution in [0.1, 0.15) is 29.6 Å². The summed E-state index contributed by atoms with van der Waals surface area (Å²) in [4.78, 5) is 15.3. The molecule has 5 heteroatoms. The van der Waals surface area contributed by atoms with Gasteiger partial charge in [-0.2, -0.15) is 0 Å². The molecule has 158 valence electrons. The monoisotopic (exact) mass is 430 g/mol. The minimum atomic E-state index is -3.29. The van der Waals surface area contributed by atoms with Gasteiger partial charge in [0, 0.05) is 35.5 Å². The smallest absolute Gasteiger partial charge is 0.255 e. The van der Waals surface area contributed by atoms with Crippen LogP contribution < -0.4 is 15.9 Å². The number of piperidine rings is 1. The van der Waals surface area contributed by atoms with Crippen LogP contribution in [0.2, 0.25) is 0 Å². The highest BCUT2D eigenvalue weighted by molar-refractivity contribution is 7.82. The topological polar surface area (TPSA) is 49.4 Å². The van der Waals surface area contributed by atoms with Crippen molar-refractivity contribution in [1.82, 2.24) is 10.2 Å². The molecule has 1 aliphatic rings. The lowest BCUT2D eigenvalue weighted by Gasteiger charge is -2.29. The zero-order valence-corrected chi connectivity index (χ0v) is 18.4. The van der Waals surface area contributed by atoms with E-state index in [0.717, 1.165) is 25.9 Å². The van der Waals surface area contributed by atoms with E-state index in [9.17, 15) is 9.36 Å². The quantitative estimate of drug-likeness (QED) is 0.576. The molecule has 0 atom stereocenters. The van der Waals surface area contributed by atoms with Crippen molar-refractivity contribution in [2.24, 2.45) is 0 Å². The number of nitrogens with one attached hydrogen (secondary N) is 1. The molecule has 0 aliphatic carbocycles. The van der Waals surface area contributed by atoms with Gasteiger partial charge in [-0.25, -0.2) is 0 Å². The predicted molar refractivity (Wildman–Crippen MR) is 127 cm³/mol. The fourth-order valence-corrected chi connectivity index (χ4v) is 6.52. The molecule has 3 aromatic carbocycles. The maximum Gasteiger partial charge on any atom is 0.255 e. The Balaban J connectivity index is 1.83. The van der Waals surface area contributed by atoms with E-state index in [1.54, 1.807) is 12.1 Å². The lowest BCUT2D eigenvalue weighted by atomic mass is 10.1. The largest absolute Gasteiger partial charge is 0.376 e. The van der Waals surface area contributed by atoms with Crippen LogP contribution >= 0.6 is 7.14 Å². The molecule has 1 fully saturated rings. The fourth-order valence-electron chi connectivity index (χ4n) is 3.89. The highest BCUT2D eigenvalue weighted by atomic mass is 31.2. The first-order valence-corrected chi connectivity index (χ1v) is 12.4. The number of carbonyl (C=O) groups is 1. The summed E-state index contributed by atoms with van der Waals surface area (Å²) in [6, 6.07) is 28.0. The number of carbonyl (C=O) groups excluding carboxylic acids is 1. The van der Waals surface area contributed by atoms with Gasteiger partial charge in [-0.1, -0.05) is 78.9 Å². The first kappa shape index (κ1) is 21.1. The van der Waals surface area contributed by atoms with Crippen molar-refractivity contribution in [1.29, 1.82) is 0 Å². The summed E-state index contributed by atoms with van der Waals surface area (Å²) >= 11 is 0. The molecule has 0 radical (unpaired) electrons. The van der Waals surface area contributed by atoms with Crippen molar-refractivity contribution in [3.8, 4) is 0 Å². The maximum absolute atomic E-state index is 14.8. The zero-order valence-electron chi connectivity index (χ0n) is 17.5. The van der Waals surface area contributed by atoms with Crippen LogP contribution in [0, 0.1) is 0 Å². The maximum atomic E-state index is 14.8. The molecule has 4 nitrogen and oxygen atoms in total. The van der Waals surface area contributed by atoms with E-state index in [1.165, 1.54) is 6.42 Å². The fraction of sp³-hybridized carbons (Fsp3) is 0.192. The summed E-state index contributed by atoms with van der Waals surface area (Å²) < 4.78 is 14.8. The molecule has 0 bridgehead atoms. The van der Waals surface area contributed by atoms with Gasteiger partial charge in [-0.05, 0) is 31.4 Å². The Morgan fingerprint density at radius 2 is 1.23 bits per heavy atom. The van der Waals surface area contributed by atoms with Gasteiger partial charge in [0.05, 0.1) is 0 Å². The zero-order chi connectivity index (χ0) is 21.5. The Morgan fingerprint density at radius 1 is 0.742 bits per heavy atom. The summed E-state index contributed by atoms with van der Waals surface area (Å²) in [5, 5.41) is 4.45. The van der Waals surface area contributed by atoms with Crippen LogP contribution in [-0.2, 0) is 4.57 Å². The number of likely N-dealkylation sites (tertiary alicyclic amines) is 1. The number of amides is 1. The summed E-state index contributed by atoms with van der Waals surface area (Å²) in [7, 11) is -3.29. The lowest BCUT2D eigenvalue weighted by Crippen LogP contribution is -2.32. The molecule has 31 heavy (non-hydrogen) atoms. The Kier molecular flexibility index (Phi) is 6.69.